The third-order valence-electron chi connectivity index (χ3n) is 4.30. The molecule has 8 nitrogen and oxygen atoms in total. The molecule has 27 heavy (non-hydrogen) atoms. The number of ether oxygens (including phenoxy) is 2. The number of H-pyrrole nitrogens is 1. The maximum Gasteiger partial charge on any atom is 0.264 e. The Hall–Kier alpha value is -2.49. The van der Waals surface area contributed by atoms with Crippen LogP contribution in [0.1, 0.15) is 5.56 Å². The fraction of sp³-hybridized carbons (Fsp3) is 0.389. The fourth-order valence-corrected chi connectivity index (χ4v) is 3.11. The number of rotatable bonds is 6. The summed E-state index contributed by atoms with van der Waals surface area (Å²) in [5, 5.41) is 10.6. The summed E-state index contributed by atoms with van der Waals surface area (Å²) >= 11 is 5.21. The Labute approximate surface area is 161 Å². The van der Waals surface area contributed by atoms with Crippen molar-refractivity contribution in [1.29, 1.82) is 0 Å². The van der Waals surface area contributed by atoms with E-state index in [1.54, 1.807) is 31.4 Å². The molecule has 1 aliphatic heterocycles. The van der Waals surface area contributed by atoms with Gasteiger partial charge in [0, 0.05) is 31.9 Å². The van der Waals surface area contributed by atoms with Gasteiger partial charge in [-0.2, -0.15) is 0 Å². The van der Waals surface area contributed by atoms with Crippen molar-refractivity contribution in [2.24, 2.45) is 4.99 Å². The number of aromatic amines is 1. The van der Waals surface area contributed by atoms with Gasteiger partial charge in [0.25, 0.3) is 5.56 Å². The van der Waals surface area contributed by atoms with Crippen LogP contribution < -0.4 is 10.3 Å². The zero-order valence-electron chi connectivity index (χ0n) is 15.1. The average molecular weight is 390 g/mol. The topological polar surface area (TPSA) is 92.1 Å². The van der Waals surface area contributed by atoms with E-state index < -0.39 is 5.56 Å². The number of methoxy groups -OCH3 is 1. The number of benzene rings is 1. The first-order valence-corrected chi connectivity index (χ1v) is 9.03. The van der Waals surface area contributed by atoms with Gasteiger partial charge < -0.3 is 14.6 Å². The van der Waals surface area contributed by atoms with Gasteiger partial charge in [0.1, 0.15) is 11.3 Å². The fourth-order valence-electron chi connectivity index (χ4n) is 2.82. The second-order valence-electron chi connectivity index (χ2n) is 6.02. The third-order valence-corrected chi connectivity index (χ3v) is 4.59. The molecule has 3 rings (SSSR count). The Bertz CT molecular complexity index is 932. The molecule has 1 saturated heterocycles. The van der Waals surface area contributed by atoms with E-state index in [0.717, 1.165) is 32.8 Å². The van der Waals surface area contributed by atoms with Crippen LogP contribution in [0, 0.1) is 4.77 Å². The van der Waals surface area contributed by atoms with E-state index in [4.69, 9.17) is 21.7 Å². The summed E-state index contributed by atoms with van der Waals surface area (Å²) in [7, 11) is 1.55. The highest BCUT2D eigenvalue weighted by atomic mass is 32.1. The van der Waals surface area contributed by atoms with Crippen LogP contribution in [0.4, 0.5) is 0 Å². The first-order chi connectivity index (χ1) is 13.1. The SMILES string of the molecule is COc1cccc(-n2c(O)c(C=NCCN3CCOCC3)c(=O)[nH]c2=S)c1. The molecule has 0 unspecified atom stereocenters. The number of aromatic nitrogens is 2. The number of hydrogen-bond donors (Lipinski definition) is 2. The zero-order valence-corrected chi connectivity index (χ0v) is 15.9. The van der Waals surface area contributed by atoms with Gasteiger partial charge in [-0.3, -0.25) is 24.2 Å². The lowest BCUT2D eigenvalue weighted by Gasteiger charge is -2.25. The van der Waals surface area contributed by atoms with E-state index in [0.29, 0.717) is 18.0 Å². The van der Waals surface area contributed by atoms with Crippen LogP contribution in [-0.2, 0) is 4.74 Å². The Kier molecular flexibility index (Phi) is 6.38. The van der Waals surface area contributed by atoms with Crippen LogP contribution >= 0.6 is 12.2 Å². The van der Waals surface area contributed by atoms with E-state index in [9.17, 15) is 9.90 Å². The van der Waals surface area contributed by atoms with E-state index in [1.165, 1.54) is 10.8 Å². The molecule has 0 amide bonds. The third kappa shape index (κ3) is 4.62. The van der Waals surface area contributed by atoms with Crippen molar-refractivity contribution in [3.8, 4) is 17.3 Å². The molecular weight excluding hydrogens is 368 g/mol. The van der Waals surface area contributed by atoms with E-state index in [-0.39, 0.29) is 16.2 Å². The number of aliphatic imine (C=N–C) groups is 1. The summed E-state index contributed by atoms with van der Waals surface area (Å²) in [5.41, 5.74) is 0.163. The van der Waals surface area contributed by atoms with Crippen molar-refractivity contribution in [3.63, 3.8) is 0 Å². The highest BCUT2D eigenvalue weighted by Crippen LogP contribution is 2.22. The first-order valence-electron chi connectivity index (χ1n) is 8.63. The van der Waals surface area contributed by atoms with Gasteiger partial charge in [0.2, 0.25) is 5.88 Å². The first kappa shape index (κ1) is 19.3. The van der Waals surface area contributed by atoms with Crippen molar-refractivity contribution < 1.29 is 14.6 Å². The molecule has 0 atom stereocenters. The molecule has 9 heteroatoms. The number of nitrogens with zero attached hydrogens (tertiary/aromatic N) is 3. The van der Waals surface area contributed by atoms with Crippen LogP contribution in [0.15, 0.2) is 34.1 Å². The number of hydrogen-bond acceptors (Lipinski definition) is 7. The van der Waals surface area contributed by atoms with Gasteiger partial charge in [-0.25, -0.2) is 0 Å². The standard InChI is InChI=1S/C18H22N4O4S/c1-25-14-4-2-3-13(11-14)22-17(24)15(16(23)20-18(22)27)12-19-5-6-21-7-9-26-10-8-21/h2-4,11-12,24H,5-10H2,1H3,(H,20,23,27). The summed E-state index contributed by atoms with van der Waals surface area (Å²) in [4.78, 5) is 21.3. The molecule has 2 heterocycles. The Morgan fingerprint density at radius 2 is 2.19 bits per heavy atom. The summed E-state index contributed by atoms with van der Waals surface area (Å²) in [6, 6.07) is 7.03. The van der Waals surface area contributed by atoms with Crippen LogP contribution in [0.5, 0.6) is 11.6 Å². The number of nitrogens with one attached hydrogen (secondary N) is 1. The smallest absolute Gasteiger partial charge is 0.264 e. The minimum absolute atomic E-state index is 0.0633. The quantitative estimate of drug-likeness (QED) is 0.572. The minimum Gasteiger partial charge on any atom is -0.497 e. The second kappa shape index (κ2) is 8.94. The molecule has 0 spiro atoms. The molecule has 0 radical (unpaired) electrons. The lowest BCUT2D eigenvalue weighted by molar-refractivity contribution is 0.0395. The largest absolute Gasteiger partial charge is 0.497 e. The predicted molar refractivity (Wildman–Crippen MR) is 105 cm³/mol. The van der Waals surface area contributed by atoms with E-state index in [1.807, 2.05) is 0 Å². The van der Waals surface area contributed by atoms with Gasteiger partial charge in [0.15, 0.2) is 4.77 Å². The maximum absolute atomic E-state index is 12.2. The van der Waals surface area contributed by atoms with Crippen LogP contribution in [0.2, 0.25) is 0 Å². The molecule has 1 aliphatic rings. The van der Waals surface area contributed by atoms with Crippen LogP contribution in [0.25, 0.3) is 5.69 Å². The molecule has 2 aromatic rings. The highest BCUT2D eigenvalue weighted by Gasteiger charge is 2.13. The summed E-state index contributed by atoms with van der Waals surface area (Å²) in [6.07, 6.45) is 1.39. The lowest BCUT2D eigenvalue weighted by Crippen LogP contribution is -2.37. The van der Waals surface area contributed by atoms with Crippen LogP contribution in [-0.4, -0.2) is 72.3 Å². The monoisotopic (exact) mass is 390 g/mol. The zero-order chi connectivity index (χ0) is 19.2. The summed E-state index contributed by atoms with van der Waals surface area (Å²) in [5.74, 6) is 0.354. The van der Waals surface area contributed by atoms with Crippen molar-refractivity contribution in [1.82, 2.24) is 14.5 Å². The molecule has 2 N–H and O–H groups in total. The predicted octanol–water partition coefficient (Wildman–Crippen LogP) is 1.36. The molecule has 1 fully saturated rings. The number of aromatic hydroxyl groups is 1. The molecule has 1 aromatic carbocycles. The van der Waals surface area contributed by atoms with Crippen molar-refractivity contribution in [3.05, 3.63) is 45.0 Å². The van der Waals surface area contributed by atoms with Gasteiger partial charge >= 0.3 is 0 Å². The van der Waals surface area contributed by atoms with Gasteiger partial charge in [-0.05, 0) is 24.4 Å². The Balaban J connectivity index is 1.84. The molecule has 0 aliphatic carbocycles. The maximum atomic E-state index is 12.2. The average Bonchev–Trinajstić information content (AvgIpc) is 2.68. The van der Waals surface area contributed by atoms with Crippen LogP contribution in [0.3, 0.4) is 0 Å². The molecule has 1 aromatic heterocycles. The minimum atomic E-state index is -0.480. The second-order valence-corrected chi connectivity index (χ2v) is 6.41. The molecule has 144 valence electrons. The van der Waals surface area contributed by atoms with E-state index >= 15 is 0 Å². The van der Waals surface area contributed by atoms with Gasteiger partial charge in [0.05, 0.1) is 32.6 Å². The lowest BCUT2D eigenvalue weighted by atomic mass is 10.2. The molecule has 0 saturated carbocycles. The molecular formula is C18H22N4O4S. The highest BCUT2D eigenvalue weighted by molar-refractivity contribution is 7.71. The normalized spacial score (nSPS) is 15.3. The van der Waals surface area contributed by atoms with E-state index in [2.05, 4.69) is 14.9 Å². The Morgan fingerprint density at radius 1 is 1.41 bits per heavy atom. The van der Waals surface area contributed by atoms with Gasteiger partial charge in [-0.15, -0.1) is 0 Å². The summed E-state index contributed by atoms with van der Waals surface area (Å²) < 4.78 is 12.0. The number of morpholine rings is 1. The van der Waals surface area contributed by atoms with Crippen molar-refractivity contribution >= 4 is 18.4 Å². The van der Waals surface area contributed by atoms with Crippen molar-refractivity contribution in [2.75, 3.05) is 46.5 Å². The molecule has 0 bridgehead atoms. The Morgan fingerprint density at radius 3 is 2.93 bits per heavy atom. The van der Waals surface area contributed by atoms with Crippen molar-refractivity contribution in [2.45, 2.75) is 0 Å². The van der Waals surface area contributed by atoms with Gasteiger partial charge in [-0.1, -0.05) is 6.07 Å². The summed E-state index contributed by atoms with van der Waals surface area (Å²) in [6.45, 7) is 4.50.